The van der Waals surface area contributed by atoms with E-state index in [9.17, 15) is 18.3 Å². The Bertz CT molecular complexity index is 623. The maximum absolute atomic E-state index is 12.3. The lowest BCUT2D eigenvalue weighted by atomic mass is 9.87. The number of carboxylic acids is 1. The summed E-state index contributed by atoms with van der Waals surface area (Å²) in [6.07, 6.45) is 2.99. The fraction of sp³-hybridized carbons (Fsp3) is 0.615. The Morgan fingerprint density at radius 1 is 1.43 bits per heavy atom. The van der Waals surface area contributed by atoms with E-state index < -0.39 is 22.1 Å². The first-order chi connectivity index (χ1) is 9.81. The number of carbonyl (C=O) groups is 1. The SMILES string of the molecule is Cc1sc(C(=O)O)cc1S(=O)(=O)NCC1CCCCC1O. The number of nitrogens with one attached hydrogen (secondary N) is 1. The molecule has 1 aliphatic carbocycles. The minimum atomic E-state index is -3.74. The van der Waals surface area contributed by atoms with Crippen LogP contribution >= 0.6 is 11.3 Å². The standard InChI is InChI=1S/C13H19NO5S2/c1-8-12(6-11(20-8)13(16)17)21(18,19)14-7-9-4-2-3-5-10(9)15/h6,9-10,14-15H,2-5,7H2,1H3,(H,16,17). The van der Waals surface area contributed by atoms with E-state index in [0.29, 0.717) is 11.3 Å². The fourth-order valence-electron chi connectivity index (χ4n) is 2.56. The third-order valence-electron chi connectivity index (χ3n) is 3.78. The molecule has 0 bridgehead atoms. The largest absolute Gasteiger partial charge is 0.477 e. The molecular formula is C13H19NO5S2. The van der Waals surface area contributed by atoms with E-state index in [2.05, 4.69) is 4.72 Å². The van der Waals surface area contributed by atoms with Crippen molar-refractivity contribution in [3.8, 4) is 0 Å². The highest BCUT2D eigenvalue weighted by atomic mass is 32.2. The van der Waals surface area contributed by atoms with Crippen molar-refractivity contribution in [3.05, 3.63) is 15.8 Å². The van der Waals surface area contributed by atoms with Gasteiger partial charge in [-0.1, -0.05) is 12.8 Å². The maximum atomic E-state index is 12.3. The van der Waals surface area contributed by atoms with Crippen LogP contribution in [0, 0.1) is 12.8 Å². The van der Waals surface area contributed by atoms with Crippen molar-refractivity contribution in [2.75, 3.05) is 6.54 Å². The van der Waals surface area contributed by atoms with Crippen molar-refractivity contribution >= 4 is 27.3 Å². The predicted octanol–water partition coefficient (Wildman–Crippen LogP) is 1.58. The van der Waals surface area contributed by atoms with Crippen molar-refractivity contribution < 1.29 is 23.4 Å². The van der Waals surface area contributed by atoms with Gasteiger partial charge in [0.25, 0.3) is 0 Å². The summed E-state index contributed by atoms with van der Waals surface area (Å²) < 4.78 is 27.0. The Morgan fingerprint density at radius 2 is 2.10 bits per heavy atom. The van der Waals surface area contributed by atoms with Gasteiger partial charge in [0.15, 0.2) is 0 Å². The van der Waals surface area contributed by atoms with Crippen LogP contribution in [-0.2, 0) is 10.0 Å². The minimum Gasteiger partial charge on any atom is -0.477 e. The molecule has 1 aromatic rings. The second kappa shape index (κ2) is 6.43. The molecule has 1 aliphatic rings. The van der Waals surface area contributed by atoms with Crippen LogP contribution < -0.4 is 4.72 Å². The van der Waals surface area contributed by atoms with Gasteiger partial charge < -0.3 is 10.2 Å². The molecule has 118 valence electrons. The zero-order chi connectivity index (χ0) is 15.6. The van der Waals surface area contributed by atoms with Crippen molar-refractivity contribution in [1.29, 1.82) is 0 Å². The topological polar surface area (TPSA) is 104 Å². The van der Waals surface area contributed by atoms with Gasteiger partial charge >= 0.3 is 5.97 Å². The van der Waals surface area contributed by atoms with Crippen LogP contribution in [-0.4, -0.2) is 37.2 Å². The molecule has 2 unspecified atom stereocenters. The minimum absolute atomic E-state index is 0.00516. The molecule has 0 amide bonds. The lowest BCUT2D eigenvalue weighted by molar-refractivity contribution is 0.0701. The van der Waals surface area contributed by atoms with Crippen LogP contribution in [0.2, 0.25) is 0 Å². The smallest absolute Gasteiger partial charge is 0.345 e. The third-order valence-corrected chi connectivity index (χ3v) is 6.49. The van der Waals surface area contributed by atoms with E-state index in [0.717, 1.165) is 30.6 Å². The van der Waals surface area contributed by atoms with Crippen molar-refractivity contribution in [2.45, 2.75) is 43.6 Å². The summed E-state index contributed by atoms with van der Waals surface area (Å²) in [5.41, 5.74) is 0. The summed E-state index contributed by atoms with van der Waals surface area (Å²) in [5, 5.41) is 18.8. The van der Waals surface area contributed by atoms with Gasteiger partial charge in [0, 0.05) is 11.4 Å². The number of thiophene rings is 1. The average Bonchev–Trinajstić information content (AvgIpc) is 2.81. The Kier molecular flexibility index (Phi) is 5.03. The van der Waals surface area contributed by atoms with Gasteiger partial charge in [-0.15, -0.1) is 11.3 Å². The van der Waals surface area contributed by atoms with Gasteiger partial charge in [-0.05, 0) is 31.7 Å². The molecule has 0 spiro atoms. The van der Waals surface area contributed by atoms with Gasteiger partial charge in [0.1, 0.15) is 4.88 Å². The quantitative estimate of drug-likeness (QED) is 0.759. The summed E-state index contributed by atoms with van der Waals surface area (Å²) in [6.45, 7) is 1.77. The maximum Gasteiger partial charge on any atom is 0.345 e. The lowest BCUT2D eigenvalue weighted by Gasteiger charge is -2.27. The molecule has 8 heteroatoms. The second-order valence-electron chi connectivity index (χ2n) is 5.30. The van der Waals surface area contributed by atoms with Crippen LogP contribution in [0.1, 0.15) is 40.2 Å². The number of hydrogen-bond donors (Lipinski definition) is 3. The van der Waals surface area contributed by atoms with Crippen molar-refractivity contribution in [1.82, 2.24) is 4.72 Å². The highest BCUT2D eigenvalue weighted by Crippen LogP contribution is 2.27. The summed E-state index contributed by atoms with van der Waals surface area (Å²) in [4.78, 5) is 11.4. The number of aromatic carboxylic acids is 1. The fourth-order valence-corrected chi connectivity index (χ4v) is 5.08. The van der Waals surface area contributed by atoms with Gasteiger partial charge in [-0.25, -0.2) is 17.9 Å². The van der Waals surface area contributed by atoms with Crippen LogP contribution in [0.3, 0.4) is 0 Å². The van der Waals surface area contributed by atoms with E-state index in [1.807, 2.05) is 0 Å². The molecule has 1 saturated carbocycles. The summed E-state index contributed by atoms with van der Waals surface area (Å²) in [7, 11) is -3.74. The zero-order valence-corrected chi connectivity index (χ0v) is 13.3. The molecule has 21 heavy (non-hydrogen) atoms. The van der Waals surface area contributed by atoms with Gasteiger partial charge in [0.2, 0.25) is 10.0 Å². The first-order valence-electron chi connectivity index (χ1n) is 6.82. The van der Waals surface area contributed by atoms with Gasteiger partial charge in [-0.3, -0.25) is 0 Å². The van der Waals surface area contributed by atoms with E-state index >= 15 is 0 Å². The Balaban J connectivity index is 2.09. The monoisotopic (exact) mass is 333 g/mol. The van der Waals surface area contributed by atoms with Crippen LogP contribution in [0.4, 0.5) is 0 Å². The number of aryl methyl sites for hydroxylation is 1. The molecule has 6 nitrogen and oxygen atoms in total. The third kappa shape index (κ3) is 3.82. The van der Waals surface area contributed by atoms with E-state index in [1.54, 1.807) is 6.92 Å². The molecule has 0 saturated heterocycles. The molecule has 1 aromatic heterocycles. The normalized spacial score (nSPS) is 23.1. The lowest BCUT2D eigenvalue weighted by Crippen LogP contribution is -2.36. The molecule has 2 atom stereocenters. The predicted molar refractivity (Wildman–Crippen MR) is 79.2 cm³/mol. The van der Waals surface area contributed by atoms with E-state index in [1.165, 1.54) is 6.07 Å². The number of carboxylic acid groups (broad SMARTS) is 1. The summed E-state index contributed by atoms with van der Waals surface area (Å²) in [5.74, 6) is -1.21. The number of aliphatic hydroxyl groups excluding tert-OH is 1. The van der Waals surface area contributed by atoms with Crippen molar-refractivity contribution in [2.24, 2.45) is 5.92 Å². The Morgan fingerprint density at radius 3 is 2.67 bits per heavy atom. The first kappa shape index (κ1) is 16.4. The van der Waals surface area contributed by atoms with E-state index in [-0.39, 0.29) is 22.2 Å². The zero-order valence-electron chi connectivity index (χ0n) is 11.7. The highest BCUT2D eigenvalue weighted by Gasteiger charge is 2.27. The molecule has 0 radical (unpaired) electrons. The van der Waals surface area contributed by atoms with Gasteiger partial charge in [0.05, 0.1) is 11.0 Å². The molecule has 0 aliphatic heterocycles. The number of hydrogen-bond acceptors (Lipinski definition) is 5. The van der Waals surface area contributed by atoms with Crippen LogP contribution in [0.25, 0.3) is 0 Å². The molecule has 2 rings (SSSR count). The van der Waals surface area contributed by atoms with Crippen molar-refractivity contribution in [3.63, 3.8) is 0 Å². The number of rotatable bonds is 5. The molecular weight excluding hydrogens is 314 g/mol. The van der Waals surface area contributed by atoms with Crippen LogP contribution in [0.15, 0.2) is 11.0 Å². The first-order valence-corrected chi connectivity index (χ1v) is 9.12. The molecule has 3 N–H and O–H groups in total. The van der Waals surface area contributed by atoms with E-state index in [4.69, 9.17) is 5.11 Å². The Hall–Kier alpha value is -0.960. The molecule has 1 heterocycles. The Labute approximate surface area is 127 Å². The number of sulfonamides is 1. The second-order valence-corrected chi connectivity index (χ2v) is 8.29. The summed E-state index contributed by atoms with van der Waals surface area (Å²) >= 11 is 0.943. The highest BCUT2D eigenvalue weighted by molar-refractivity contribution is 7.89. The summed E-state index contributed by atoms with van der Waals surface area (Å²) in [6, 6.07) is 1.18. The number of aliphatic hydroxyl groups is 1. The molecule has 0 aromatic carbocycles. The molecule has 1 fully saturated rings. The van der Waals surface area contributed by atoms with Crippen LogP contribution in [0.5, 0.6) is 0 Å². The van der Waals surface area contributed by atoms with Gasteiger partial charge in [-0.2, -0.15) is 0 Å². The average molecular weight is 333 g/mol.